The number of ether oxygens (including phenoxy) is 1. The summed E-state index contributed by atoms with van der Waals surface area (Å²) in [5.41, 5.74) is 1.25. The minimum absolute atomic E-state index is 0.0702. The van der Waals surface area contributed by atoms with Gasteiger partial charge in [-0.3, -0.25) is 14.2 Å². The Morgan fingerprint density at radius 1 is 1.19 bits per heavy atom. The van der Waals surface area contributed by atoms with Gasteiger partial charge in [0.15, 0.2) is 10.9 Å². The molecule has 0 bridgehead atoms. The first-order valence-electron chi connectivity index (χ1n) is 9.83. The number of halogens is 2. The van der Waals surface area contributed by atoms with Crippen LogP contribution in [-0.4, -0.2) is 45.9 Å². The molecule has 0 saturated heterocycles. The number of hydrogen-bond acceptors (Lipinski definition) is 6. The molecule has 0 atom stereocenters. The minimum atomic E-state index is -0.344. The van der Waals surface area contributed by atoms with Crippen LogP contribution in [0.2, 0.25) is 0 Å². The third kappa shape index (κ3) is 6.17. The number of benzene rings is 2. The molecule has 10 heteroatoms. The van der Waals surface area contributed by atoms with E-state index < -0.39 is 0 Å². The maximum Gasteiger partial charge on any atom is 0.216 e. The summed E-state index contributed by atoms with van der Waals surface area (Å²) >= 11 is 4.65. The standard InChI is InChI=1S/C22H22BrFN4O3S/c1-14(29)25-11-3-4-21-26-27-22(28(21)17-8-6-16(24)7-9-17)32-13-19(30)15-5-10-20(31-2)18(23)12-15/h5-10,12H,3-4,11,13H2,1-2H3,(H,25,29). The molecule has 0 aliphatic heterocycles. The van der Waals surface area contributed by atoms with Crippen molar-refractivity contribution in [1.29, 1.82) is 0 Å². The first-order valence-corrected chi connectivity index (χ1v) is 11.6. The highest BCUT2D eigenvalue weighted by atomic mass is 79.9. The fraction of sp³-hybridized carbons (Fsp3) is 0.273. The van der Waals surface area contributed by atoms with Crippen molar-refractivity contribution < 1.29 is 18.7 Å². The van der Waals surface area contributed by atoms with Gasteiger partial charge < -0.3 is 10.1 Å². The molecular formula is C22H22BrFN4O3S. The SMILES string of the molecule is COc1ccc(C(=O)CSc2nnc(CCCNC(C)=O)n2-c2ccc(F)cc2)cc1Br. The van der Waals surface area contributed by atoms with Gasteiger partial charge in [0.05, 0.1) is 17.3 Å². The maximum absolute atomic E-state index is 13.4. The molecule has 2 aromatic carbocycles. The summed E-state index contributed by atoms with van der Waals surface area (Å²) in [7, 11) is 1.56. The molecule has 1 N–H and O–H groups in total. The lowest BCUT2D eigenvalue weighted by Crippen LogP contribution is -2.21. The average molecular weight is 521 g/mol. The van der Waals surface area contributed by atoms with Gasteiger partial charge >= 0.3 is 0 Å². The molecule has 7 nitrogen and oxygen atoms in total. The molecule has 3 aromatic rings. The number of amides is 1. The zero-order valence-corrected chi connectivity index (χ0v) is 20.0. The van der Waals surface area contributed by atoms with E-state index in [1.807, 2.05) is 4.57 Å². The van der Waals surface area contributed by atoms with Gasteiger partial charge in [-0.05, 0) is 64.8 Å². The third-order valence-corrected chi connectivity index (χ3v) is 6.09. The van der Waals surface area contributed by atoms with Crippen molar-refractivity contribution in [3.05, 3.63) is 64.1 Å². The van der Waals surface area contributed by atoms with E-state index in [-0.39, 0.29) is 23.3 Å². The lowest BCUT2D eigenvalue weighted by molar-refractivity contribution is -0.118. The summed E-state index contributed by atoms with van der Waals surface area (Å²) in [6.45, 7) is 1.98. The average Bonchev–Trinajstić information content (AvgIpc) is 3.18. The topological polar surface area (TPSA) is 86.1 Å². The van der Waals surface area contributed by atoms with Crippen LogP contribution in [0.1, 0.15) is 29.5 Å². The first kappa shape index (κ1) is 23.9. The van der Waals surface area contributed by atoms with Crippen LogP contribution in [0.3, 0.4) is 0 Å². The number of carbonyl (C=O) groups excluding carboxylic acids is 2. The number of rotatable bonds is 10. The van der Waals surface area contributed by atoms with Crippen LogP contribution in [0, 0.1) is 5.82 Å². The fourth-order valence-corrected chi connectivity index (χ4v) is 4.38. The van der Waals surface area contributed by atoms with Crippen LogP contribution in [0.4, 0.5) is 4.39 Å². The van der Waals surface area contributed by atoms with Gasteiger partial charge in [0.25, 0.3) is 0 Å². The van der Waals surface area contributed by atoms with E-state index in [1.165, 1.54) is 30.8 Å². The number of Topliss-reactive ketones (excluding diaryl/α,β-unsaturated/α-hetero) is 1. The normalized spacial score (nSPS) is 10.8. The molecule has 32 heavy (non-hydrogen) atoms. The molecule has 0 aliphatic rings. The number of aryl methyl sites for hydroxylation is 1. The van der Waals surface area contributed by atoms with Crippen molar-refractivity contribution in [3.8, 4) is 11.4 Å². The smallest absolute Gasteiger partial charge is 0.216 e. The van der Waals surface area contributed by atoms with Crippen LogP contribution in [-0.2, 0) is 11.2 Å². The number of ketones is 1. The van der Waals surface area contributed by atoms with E-state index in [0.717, 1.165) is 0 Å². The summed E-state index contributed by atoms with van der Waals surface area (Å²) in [5.74, 6) is 0.968. The Morgan fingerprint density at radius 2 is 1.94 bits per heavy atom. The molecular weight excluding hydrogens is 499 g/mol. The largest absolute Gasteiger partial charge is 0.496 e. The number of nitrogens with one attached hydrogen (secondary N) is 1. The second kappa shape index (κ2) is 11.2. The van der Waals surface area contributed by atoms with Crippen molar-refractivity contribution >= 4 is 39.4 Å². The molecule has 0 saturated carbocycles. The second-order valence-corrected chi connectivity index (χ2v) is 8.66. The predicted octanol–water partition coefficient (Wildman–Crippen LogP) is 4.22. The van der Waals surface area contributed by atoms with Crippen molar-refractivity contribution in [2.75, 3.05) is 19.4 Å². The van der Waals surface area contributed by atoms with E-state index in [2.05, 4.69) is 31.4 Å². The molecule has 1 heterocycles. The van der Waals surface area contributed by atoms with Crippen LogP contribution in [0.15, 0.2) is 52.1 Å². The number of hydrogen-bond donors (Lipinski definition) is 1. The molecule has 1 amide bonds. The third-order valence-electron chi connectivity index (χ3n) is 4.54. The van der Waals surface area contributed by atoms with Crippen molar-refractivity contribution in [2.24, 2.45) is 0 Å². The van der Waals surface area contributed by atoms with E-state index in [9.17, 15) is 14.0 Å². The molecule has 0 unspecified atom stereocenters. The van der Waals surface area contributed by atoms with Crippen molar-refractivity contribution in [2.45, 2.75) is 24.9 Å². The molecule has 0 spiro atoms. The lowest BCUT2D eigenvalue weighted by atomic mass is 10.1. The summed E-state index contributed by atoms with van der Waals surface area (Å²) in [4.78, 5) is 23.8. The Labute approximate surface area is 197 Å². The number of thioether (sulfide) groups is 1. The van der Waals surface area contributed by atoms with Crippen LogP contribution >= 0.6 is 27.7 Å². The Kier molecular flexibility index (Phi) is 8.40. The van der Waals surface area contributed by atoms with E-state index in [0.29, 0.717) is 51.8 Å². The fourth-order valence-electron chi connectivity index (χ4n) is 2.97. The van der Waals surface area contributed by atoms with Gasteiger partial charge in [-0.15, -0.1) is 10.2 Å². The van der Waals surface area contributed by atoms with Crippen LogP contribution in [0.25, 0.3) is 5.69 Å². The van der Waals surface area contributed by atoms with Crippen molar-refractivity contribution in [3.63, 3.8) is 0 Å². The van der Waals surface area contributed by atoms with Gasteiger partial charge in [0, 0.05) is 31.1 Å². The van der Waals surface area contributed by atoms with Crippen molar-refractivity contribution in [1.82, 2.24) is 20.1 Å². The van der Waals surface area contributed by atoms with Gasteiger partial charge in [0.1, 0.15) is 17.4 Å². The van der Waals surface area contributed by atoms with Gasteiger partial charge in [-0.2, -0.15) is 0 Å². The second-order valence-electron chi connectivity index (χ2n) is 6.86. The monoisotopic (exact) mass is 520 g/mol. The lowest BCUT2D eigenvalue weighted by Gasteiger charge is -2.11. The Hall–Kier alpha value is -2.72. The van der Waals surface area contributed by atoms with Gasteiger partial charge in [-0.1, -0.05) is 11.8 Å². The summed E-state index contributed by atoms with van der Waals surface area (Å²) < 4.78 is 21.2. The number of aromatic nitrogens is 3. The minimum Gasteiger partial charge on any atom is -0.496 e. The summed E-state index contributed by atoms with van der Waals surface area (Å²) in [5, 5.41) is 11.8. The number of methoxy groups -OCH3 is 1. The molecule has 1 aromatic heterocycles. The predicted molar refractivity (Wildman–Crippen MR) is 124 cm³/mol. The van der Waals surface area contributed by atoms with Gasteiger partial charge in [0.2, 0.25) is 5.91 Å². The highest BCUT2D eigenvalue weighted by Crippen LogP contribution is 2.28. The zero-order chi connectivity index (χ0) is 23.1. The Balaban J connectivity index is 1.77. The molecule has 3 rings (SSSR count). The zero-order valence-electron chi connectivity index (χ0n) is 17.6. The Morgan fingerprint density at radius 3 is 2.59 bits per heavy atom. The van der Waals surface area contributed by atoms with Crippen LogP contribution < -0.4 is 10.1 Å². The molecule has 0 aliphatic carbocycles. The van der Waals surface area contributed by atoms with Gasteiger partial charge in [-0.25, -0.2) is 4.39 Å². The maximum atomic E-state index is 13.4. The van der Waals surface area contributed by atoms with E-state index in [1.54, 1.807) is 37.4 Å². The molecule has 0 fully saturated rings. The number of carbonyl (C=O) groups is 2. The Bertz CT molecular complexity index is 1110. The quantitative estimate of drug-likeness (QED) is 0.244. The summed E-state index contributed by atoms with van der Waals surface area (Å²) in [6.07, 6.45) is 1.23. The van der Waals surface area contributed by atoms with E-state index in [4.69, 9.17) is 4.74 Å². The summed E-state index contributed by atoms with van der Waals surface area (Å²) in [6, 6.07) is 11.2. The highest BCUT2D eigenvalue weighted by Gasteiger charge is 2.17. The number of nitrogens with zero attached hydrogens (tertiary/aromatic N) is 3. The molecule has 168 valence electrons. The van der Waals surface area contributed by atoms with E-state index >= 15 is 0 Å². The first-order chi connectivity index (χ1) is 15.4. The highest BCUT2D eigenvalue weighted by molar-refractivity contribution is 9.10. The van der Waals surface area contributed by atoms with Crippen LogP contribution in [0.5, 0.6) is 5.75 Å². The molecule has 0 radical (unpaired) electrons.